The van der Waals surface area contributed by atoms with Crippen LogP contribution >= 0.6 is 11.8 Å². The molecule has 27 heavy (non-hydrogen) atoms. The summed E-state index contributed by atoms with van der Waals surface area (Å²) in [7, 11) is 2.96. The monoisotopic (exact) mass is 395 g/mol. The van der Waals surface area contributed by atoms with E-state index in [9.17, 15) is 19.1 Å². The molecule has 8 nitrogen and oxygen atoms in total. The van der Waals surface area contributed by atoms with Crippen LogP contribution in [0.3, 0.4) is 0 Å². The summed E-state index contributed by atoms with van der Waals surface area (Å²) in [6.45, 7) is -0.116. The molecule has 3 amide bonds. The lowest BCUT2D eigenvalue weighted by atomic mass is 10.1. The normalized spacial score (nSPS) is 20.9. The van der Waals surface area contributed by atoms with Crippen molar-refractivity contribution in [3.63, 3.8) is 0 Å². The third kappa shape index (κ3) is 3.73. The number of aliphatic imine (C=N–C) groups is 1. The topological polar surface area (TPSA) is 96.5 Å². The number of halogens is 1. The van der Waals surface area contributed by atoms with Gasteiger partial charge in [0.25, 0.3) is 17.8 Å². The molecule has 1 fully saturated rings. The third-order valence-corrected chi connectivity index (χ3v) is 5.51. The maximum absolute atomic E-state index is 13.2. The maximum Gasteiger partial charge on any atom is 0.358 e. The summed E-state index contributed by atoms with van der Waals surface area (Å²) in [4.78, 5) is 31.7. The van der Waals surface area contributed by atoms with Gasteiger partial charge < -0.3 is 10.2 Å². The van der Waals surface area contributed by atoms with Crippen LogP contribution in [-0.4, -0.2) is 86.1 Å². The molecule has 2 aliphatic heterocycles. The second kappa shape index (κ2) is 7.75. The number of hydrogen-bond donors (Lipinski definition) is 2. The molecule has 144 valence electrons. The van der Waals surface area contributed by atoms with Crippen molar-refractivity contribution in [1.82, 2.24) is 9.80 Å². The Kier molecular flexibility index (Phi) is 5.59. The fourth-order valence-electron chi connectivity index (χ4n) is 2.86. The van der Waals surface area contributed by atoms with Crippen molar-refractivity contribution in [3.8, 4) is 0 Å². The van der Waals surface area contributed by atoms with Crippen LogP contribution in [0.15, 0.2) is 29.3 Å². The summed E-state index contributed by atoms with van der Waals surface area (Å²) in [5.74, 6) is -0.277. The van der Waals surface area contributed by atoms with E-state index in [-0.39, 0.29) is 18.1 Å². The Morgan fingerprint density at radius 2 is 1.93 bits per heavy atom. The Bertz CT molecular complexity index is 827. The summed E-state index contributed by atoms with van der Waals surface area (Å²) in [6.07, 6.45) is -0.935. The minimum absolute atomic E-state index is 0.178. The van der Waals surface area contributed by atoms with Crippen LogP contribution in [0.25, 0.3) is 0 Å². The van der Waals surface area contributed by atoms with Crippen molar-refractivity contribution in [2.45, 2.75) is 18.7 Å². The van der Waals surface area contributed by atoms with E-state index in [2.05, 4.69) is 4.99 Å². The van der Waals surface area contributed by atoms with Crippen LogP contribution in [0.4, 0.5) is 9.18 Å². The number of hydrogen-bond acceptors (Lipinski definition) is 6. The van der Waals surface area contributed by atoms with Gasteiger partial charge in [-0.2, -0.15) is 0 Å². The highest BCUT2D eigenvalue weighted by Gasteiger charge is 2.53. The van der Waals surface area contributed by atoms with Crippen LogP contribution in [0, 0.1) is 5.82 Å². The van der Waals surface area contributed by atoms with Gasteiger partial charge in [-0.05, 0) is 34.5 Å². The second-order valence-corrected chi connectivity index (χ2v) is 7.28. The van der Waals surface area contributed by atoms with Gasteiger partial charge in [0.05, 0.1) is 12.7 Å². The lowest BCUT2D eigenvalue weighted by Crippen LogP contribution is -2.61. The molecule has 0 bridgehead atoms. The van der Waals surface area contributed by atoms with Crippen molar-refractivity contribution in [1.29, 1.82) is 0 Å². The quantitative estimate of drug-likeness (QED) is 0.689. The highest BCUT2D eigenvalue weighted by molar-refractivity contribution is 8.13. The highest BCUT2D eigenvalue weighted by atomic mass is 32.2. The Morgan fingerprint density at radius 3 is 2.56 bits per heavy atom. The van der Waals surface area contributed by atoms with Gasteiger partial charge in [-0.3, -0.25) is 14.6 Å². The number of rotatable bonds is 5. The molecule has 2 aliphatic rings. The van der Waals surface area contributed by atoms with Crippen molar-refractivity contribution in [2.75, 3.05) is 26.5 Å². The summed E-state index contributed by atoms with van der Waals surface area (Å²) in [5.41, 5.74) is 0.767. The smallest absolute Gasteiger partial charge is 0.358 e. The second-order valence-electron chi connectivity index (χ2n) is 6.30. The van der Waals surface area contributed by atoms with Crippen LogP contribution in [0.5, 0.6) is 0 Å². The van der Waals surface area contributed by atoms with Gasteiger partial charge in [0.1, 0.15) is 12.4 Å². The van der Waals surface area contributed by atoms with E-state index in [4.69, 9.17) is 5.11 Å². The number of likely N-dealkylation sites (N-methyl/N-ethyl adjacent to an activating group) is 2. The lowest BCUT2D eigenvalue weighted by Gasteiger charge is -2.30. The van der Waals surface area contributed by atoms with Gasteiger partial charge in [0.2, 0.25) is 0 Å². The number of aliphatic hydroxyl groups is 2. The lowest BCUT2D eigenvalue weighted by molar-refractivity contribution is -0.548. The first-order valence-corrected chi connectivity index (χ1v) is 9.25. The largest absolute Gasteiger partial charge is 0.394 e. The van der Waals surface area contributed by atoms with E-state index in [0.717, 1.165) is 10.5 Å². The van der Waals surface area contributed by atoms with E-state index >= 15 is 0 Å². The summed E-state index contributed by atoms with van der Waals surface area (Å²) < 4.78 is 14.9. The number of carbonyl (C=O) groups excluding carboxylic acids is 2. The van der Waals surface area contributed by atoms with Crippen LogP contribution in [0.2, 0.25) is 0 Å². The molecule has 0 spiro atoms. The molecule has 2 heterocycles. The summed E-state index contributed by atoms with van der Waals surface area (Å²) in [5, 5.41) is 19.1. The molecular weight excluding hydrogens is 375 g/mol. The standard InChI is InChI=1S/C17H20FN4O4S/c1-20-14-13(15(25)21(2)17(20)26)22(7-10-3-5-11(18)6-4-10)16(19-14)27-9-12(24)8-23/h3-6,12-13,23-24H,7-9H2,1-2H3/q+1. The molecule has 0 aliphatic carbocycles. The molecule has 0 saturated carbocycles. The Morgan fingerprint density at radius 1 is 1.26 bits per heavy atom. The van der Waals surface area contributed by atoms with Crippen molar-refractivity contribution >= 4 is 34.7 Å². The molecule has 0 radical (unpaired) electrons. The third-order valence-electron chi connectivity index (χ3n) is 4.38. The Balaban J connectivity index is 1.96. The predicted octanol–water partition coefficient (Wildman–Crippen LogP) is 0.0851. The van der Waals surface area contributed by atoms with E-state index in [0.29, 0.717) is 11.0 Å². The highest BCUT2D eigenvalue weighted by Crippen LogP contribution is 2.24. The average molecular weight is 395 g/mol. The minimum atomic E-state index is -0.935. The number of carbonyl (C=O) groups is 2. The van der Waals surface area contributed by atoms with Crippen LogP contribution < -0.4 is 0 Å². The van der Waals surface area contributed by atoms with Gasteiger partial charge in [-0.1, -0.05) is 12.1 Å². The van der Waals surface area contributed by atoms with E-state index in [1.165, 1.54) is 35.8 Å². The number of benzene rings is 1. The molecule has 1 aromatic carbocycles. The number of aliphatic hydroxyl groups excluding tert-OH is 2. The van der Waals surface area contributed by atoms with E-state index in [1.54, 1.807) is 23.8 Å². The fraction of sp³-hybridized carbons (Fsp3) is 0.412. The summed E-state index contributed by atoms with van der Waals surface area (Å²) >= 11 is 1.18. The maximum atomic E-state index is 13.2. The van der Waals surface area contributed by atoms with Crippen LogP contribution in [-0.2, 0) is 11.3 Å². The molecule has 3 rings (SSSR count). The van der Waals surface area contributed by atoms with E-state index < -0.39 is 30.7 Å². The van der Waals surface area contributed by atoms with E-state index in [1.807, 2.05) is 0 Å². The first-order valence-electron chi connectivity index (χ1n) is 8.27. The number of thioether (sulfide) groups is 1. The zero-order valence-electron chi connectivity index (χ0n) is 14.9. The number of amides is 3. The Hall–Kier alpha value is -2.30. The fourth-order valence-corrected chi connectivity index (χ4v) is 3.80. The molecule has 1 aromatic rings. The van der Waals surface area contributed by atoms with Gasteiger partial charge >= 0.3 is 11.2 Å². The van der Waals surface area contributed by atoms with Gasteiger partial charge in [0, 0.05) is 19.8 Å². The molecule has 2 unspecified atom stereocenters. The molecule has 2 N–H and O–H groups in total. The molecule has 0 aromatic heterocycles. The number of imide groups is 1. The molecular formula is C17H20FN4O4S+. The zero-order chi connectivity index (χ0) is 19.7. The van der Waals surface area contributed by atoms with Crippen molar-refractivity contribution in [3.05, 3.63) is 35.6 Å². The average Bonchev–Trinajstić information content (AvgIpc) is 3.02. The van der Waals surface area contributed by atoms with Crippen LogP contribution in [0.1, 0.15) is 5.56 Å². The molecule has 2 atom stereocenters. The molecule has 10 heteroatoms. The first-order chi connectivity index (χ1) is 12.8. The number of nitrogens with zero attached hydrogens (tertiary/aromatic N) is 4. The van der Waals surface area contributed by atoms with Crippen molar-refractivity contribution in [2.24, 2.45) is 4.99 Å². The van der Waals surface area contributed by atoms with Crippen molar-refractivity contribution < 1.29 is 28.8 Å². The Labute approximate surface area is 159 Å². The minimum Gasteiger partial charge on any atom is -0.394 e. The first kappa shape index (κ1) is 19.5. The number of urea groups is 1. The number of amidine groups is 2. The zero-order valence-corrected chi connectivity index (χ0v) is 15.7. The number of fused-ring (bicyclic) bond motifs is 1. The van der Waals surface area contributed by atoms with Gasteiger partial charge in [-0.25, -0.2) is 13.8 Å². The SMILES string of the molecule is CN1C(=O)C2C(=NC(SCC(O)CO)=[N+]2Cc2ccc(F)cc2)N(C)C1=O. The summed E-state index contributed by atoms with van der Waals surface area (Å²) in [6, 6.07) is 4.64. The van der Waals surface area contributed by atoms with Gasteiger partial charge in [-0.15, -0.1) is 0 Å². The van der Waals surface area contributed by atoms with Gasteiger partial charge in [0.15, 0.2) is 0 Å². The molecule has 1 saturated heterocycles. The predicted molar refractivity (Wildman–Crippen MR) is 98.1 cm³/mol.